The Labute approximate surface area is 68.2 Å². The Morgan fingerprint density at radius 3 is 1.91 bits per heavy atom. The van der Waals surface area contributed by atoms with Gasteiger partial charge < -0.3 is 15.9 Å². The first-order valence-corrected chi connectivity index (χ1v) is 4.06. The lowest BCUT2D eigenvalue weighted by molar-refractivity contribution is 0.0775. The van der Waals surface area contributed by atoms with Crippen molar-refractivity contribution in [3.63, 3.8) is 0 Å². The van der Waals surface area contributed by atoms with Crippen LogP contribution in [-0.4, -0.2) is 28.5 Å². The highest BCUT2D eigenvalue weighted by Crippen LogP contribution is 2.08. The van der Waals surface area contributed by atoms with Crippen molar-refractivity contribution in [1.82, 2.24) is 0 Å². The zero-order valence-corrected chi connectivity index (χ0v) is 7.49. The van der Waals surface area contributed by atoms with Crippen LogP contribution >= 0.6 is 0 Å². The van der Waals surface area contributed by atoms with E-state index in [2.05, 4.69) is 0 Å². The molecule has 0 aromatic rings. The molecule has 0 spiro atoms. The molecule has 0 aromatic heterocycles. The van der Waals surface area contributed by atoms with Gasteiger partial charge in [0.15, 0.2) is 0 Å². The largest absolute Gasteiger partial charge is 0.393 e. The maximum absolute atomic E-state index is 9.35. The number of nitrogens with two attached hydrogens (primary N) is 1. The molecule has 68 valence electrons. The van der Waals surface area contributed by atoms with Crippen molar-refractivity contribution < 1.29 is 10.2 Å². The third-order valence-corrected chi connectivity index (χ3v) is 1.90. The lowest BCUT2D eigenvalue weighted by atomic mass is 9.98. The molecule has 3 nitrogen and oxygen atoms in total. The van der Waals surface area contributed by atoms with Crippen LogP contribution in [0, 0.1) is 5.92 Å². The van der Waals surface area contributed by atoms with Crippen LogP contribution < -0.4 is 5.73 Å². The van der Waals surface area contributed by atoms with Crippen LogP contribution in [0.4, 0.5) is 0 Å². The molecule has 0 rings (SSSR count). The van der Waals surface area contributed by atoms with Crippen molar-refractivity contribution in [2.75, 3.05) is 0 Å². The van der Waals surface area contributed by atoms with Gasteiger partial charge in [0, 0.05) is 6.04 Å². The van der Waals surface area contributed by atoms with E-state index in [0.717, 1.165) is 0 Å². The van der Waals surface area contributed by atoms with Gasteiger partial charge >= 0.3 is 0 Å². The minimum Gasteiger partial charge on any atom is -0.393 e. The fraction of sp³-hybridized carbons (Fsp3) is 1.00. The van der Waals surface area contributed by atoms with Crippen LogP contribution in [0.25, 0.3) is 0 Å². The highest BCUT2D eigenvalue weighted by molar-refractivity contribution is 4.73. The van der Waals surface area contributed by atoms with Crippen molar-refractivity contribution in [3.05, 3.63) is 0 Å². The summed E-state index contributed by atoms with van der Waals surface area (Å²) >= 11 is 0. The van der Waals surface area contributed by atoms with E-state index in [1.54, 1.807) is 6.92 Å². The van der Waals surface area contributed by atoms with Gasteiger partial charge in [0.1, 0.15) is 0 Å². The van der Waals surface area contributed by atoms with Gasteiger partial charge in [-0.3, -0.25) is 0 Å². The van der Waals surface area contributed by atoms with Crippen molar-refractivity contribution >= 4 is 0 Å². The molecule has 0 aliphatic carbocycles. The summed E-state index contributed by atoms with van der Waals surface area (Å²) < 4.78 is 0. The van der Waals surface area contributed by atoms with Crippen LogP contribution in [0.15, 0.2) is 0 Å². The lowest BCUT2D eigenvalue weighted by Crippen LogP contribution is -2.37. The average Bonchev–Trinajstić information content (AvgIpc) is 1.87. The van der Waals surface area contributed by atoms with Gasteiger partial charge in [-0.1, -0.05) is 13.8 Å². The van der Waals surface area contributed by atoms with E-state index in [9.17, 15) is 5.11 Å². The average molecular weight is 161 g/mol. The standard InChI is InChI=1S/C8H19NO2/c1-5(2)8(11)4-7(9)6(3)10/h5-8,10-11H,4,9H2,1-3H3/t6-,7+,8-/m1/s1. The van der Waals surface area contributed by atoms with E-state index in [4.69, 9.17) is 10.8 Å². The minimum absolute atomic E-state index is 0.208. The van der Waals surface area contributed by atoms with Crippen LogP contribution in [0.1, 0.15) is 27.2 Å². The fourth-order valence-corrected chi connectivity index (χ4v) is 0.748. The zero-order chi connectivity index (χ0) is 9.02. The van der Waals surface area contributed by atoms with Crippen molar-refractivity contribution in [3.8, 4) is 0 Å². The second-order valence-electron chi connectivity index (χ2n) is 3.45. The van der Waals surface area contributed by atoms with E-state index >= 15 is 0 Å². The number of aliphatic hydroxyl groups is 2. The summed E-state index contributed by atoms with van der Waals surface area (Å²) in [6.07, 6.45) is -0.474. The third kappa shape index (κ3) is 4.35. The molecule has 11 heavy (non-hydrogen) atoms. The molecule has 0 bridgehead atoms. The monoisotopic (exact) mass is 161 g/mol. The first-order valence-electron chi connectivity index (χ1n) is 4.06. The number of aliphatic hydroxyl groups excluding tert-OH is 2. The number of rotatable bonds is 4. The van der Waals surface area contributed by atoms with E-state index in [1.807, 2.05) is 13.8 Å². The Morgan fingerprint density at radius 2 is 1.64 bits per heavy atom. The zero-order valence-electron chi connectivity index (χ0n) is 7.49. The summed E-state index contributed by atoms with van der Waals surface area (Å²) in [5.74, 6) is 0.208. The highest BCUT2D eigenvalue weighted by Gasteiger charge is 2.16. The van der Waals surface area contributed by atoms with E-state index in [0.29, 0.717) is 6.42 Å². The van der Waals surface area contributed by atoms with Gasteiger partial charge in [-0.25, -0.2) is 0 Å². The Kier molecular flexibility index (Phi) is 4.65. The van der Waals surface area contributed by atoms with Gasteiger partial charge in [-0.2, -0.15) is 0 Å². The molecule has 0 aliphatic heterocycles. The van der Waals surface area contributed by atoms with Crippen LogP contribution in [0.2, 0.25) is 0 Å². The topological polar surface area (TPSA) is 66.5 Å². The lowest BCUT2D eigenvalue weighted by Gasteiger charge is -2.20. The molecule has 0 aliphatic rings. The van der Waals surface area contributed by atoms with Gasteiger partial charge in [-0.05, 0) is 19.3 Å². The fourth-order valence-electron chi connectivity index (χ4n) is 0.748. The second kappa shape index (κ2) is 4.70. The number of hydrogen-bond acceptors (Lipinski definition) is 3. The summed E-state index contributed by atoms with van der Waals surface area (Å²) in [7, 11) is 0. The SMILES string of the molecule is CC(C)[C@H](O)C[C@H](N)[C@@H](C)O. The summed E-state index contributed by atoms with van der Waals surface area (Å²) in [6, 6.07) is -0.313. The number of hydrogen-bond donors (Lipinski definition) is 3. The summed E-state index contributed by atoms with van der Waals surface area (Å²) in [5.41, 5.74) is 5.55. The molecule has 0 radical (unpaired) electrons. The highest BCUT2D eigenvalue weighted by atomic mass is 16.3. The smallest absolute Gasteiger partial charge is 0.0663 e. The quantitative estimate of drug-likeness (QED) is 0.548. The minimum atomic E-state index is -0.539. The first kappa shape index (κ1) is 10.9. The Hall–Kier alpha value is -0.120. The molecule has 4 N–H and O–H groups in total. The molecule has 0 aromatic carbocycles. The molecule has 0 saturated heterocycles. The summed E-state index contributed by atoms with van der Waals surface area (Å²) in [6.45, 7) is 5.50. The van der Waals surface area contributed by atoms with Crippen LogP contribution in [0.5, 0.6) is 0 Å². The van der Waals surface area contributed by atoms with E-state index < -0.39 is 12.2 Å². The normalized spacial score (nSPS) is 19.9. The van der Waals surface area contributed by atoms with Gasteiger partial charge in [0.2, 0.25) is 0 Å². The second-order valence-corrected chi connectivity index (χ2v) is 3.45. The van der Waals surface area contributed by atoms with Crippen LogP contribution in [0.3, 0.4) is 0 Å². The molecule has 0 heterocycles. The van der Waals surface area contributed by atoms with Crippen molar-refractivity contribution in [2.24, 2.45) is 11.7 Å². The molecule has 0 saturated carbocycles. The summed E-state index contributed by atoms with van der Waals surface area (Å²) in [5, 5.41) is 18.4. The summed E-state index contributed by atoms with van der Waals surface area (Å²) in [4.78, 5) is 0. The Bertz CT molecular complexity index is 92.3. The maximum Gasteiger partial charge on any atom is 0.0663 e. The van der Waals surface area contributed by atoms with Crippen LogP contribution in [-0.2, 0) is 0 Å². The molecule has 0 fully saturated rings. The molecule has 0 unspecified atom stereocenters. The molecule has 3 atom stereocenters. The van der Waals surface area contributed by atoms with Crippen molar-refractivity contribution in [2.45, 2.75) is 45.4 Å². The predicted molar refractivity (Wildman–Crippen MR) is 45.1 cm³/mol. The Balaban J connectivity index is 3.66. The predicted octanol–water partition coefficient (Wildman–Crippen LogP) is 0.102. The van der Waals surface area contributed by atoms with Gasteiger partial charge in [0.25, 0.3) is 0 Å². The Morgan fingerprint density at radius 1 is 1.18 bits per heavy atom. The molecular weight excluding hydrogens is 142 g/mol. The van der Waals surface area contributed by atoms with E-state index in [-0.39, 0.29) is 12.0 Å². The first-order chi connectivity index (χ1) is 4.95. The molecule has 3 heteroatoms. The third-order valence-electron chi connectivity index (χ3n) is 1.90. The molecule has 0 amide bonds. The van der Waals surface area contributed by atoms with Gasteiger partial charge in [0.05, 0.1) is 12.2 Å². The maximum atomic E-state index is 9.35. The van der Waals surface area contributed by atoms with Gasteiger partial charge in [-0.15, -0.1) is 0 Å². The van der Waals surface area contributed by atoms with Crippen molar-refractivity contribution in [1.29, 1.82) is 0 Å². The van der Waals surface area contributed by atoms with E-state index in [1.165, 1.54) is 0 Å². The molecular formula is C8H19NO2.